The van der Waals surface area contributed by atoms with Crippen LogP contribution < -0.4 is 5.48 Å². The van der Waals surface area contributed by atoms with E-state index in [4.69, 9.17) is 9.05 Å². The molecule has 0 fully saturated rings. The van der Waals surface area contributed by atoms with E-state index in [1.54, 1.807) is 33.8 Å². The van der Waals surface area contributed by atoms with Gasteiger partial charge in [-0.15, -0.1) is 0 Å². The lowest BCUT2D eigenvalue weighted by atomic mass is 10.1. The van der Waals surface area contributed by atoms with Crippen molar-refractivity contribution < 1.29 is 19.1 Å². The minimum Gasteiger partial charge on any atom is -0.635 e. The van der Waals surface area contributed by atoms with Crippen LogP contribution in [0.25, 0.3) is 0 Å². The summed E-state index contributed by atoms with van der Waals surface area (Å²) in [6, 6.07) is 0. The van der Waals surface area contributed by atoms with E-state index in [0.717, 1.165) is 5.48 Å². The summed E-state index contributed by atoms with van der Waals surface area (Å²) in [5, 5.41) is 10.6. The Labute approximate surface area is 91.0 Å². The Hall–Kier alpha value is -0.190. The second-order valence-electron chi connectivity index (χ2n) is 3.63. The van der Waals surface area contributed by atoms with Gasteiger partial charge in [0.1, 0.15) is 5.54 Å². The first-order chi connectivity index (χ1) is 6.89. The number of hydrogen-bond donors (Lipinski definition) is 1. The van der Waals surface area contributed by atoms with Gasteiger partial charge in [-0.2, -0.15) is 0 Å². The normalized spacial score (nSPS) is 13.7. The molecule has 0 aromatic carbocycles. The Morgan fingerprint density at radius 2 is 1.80 bits per heavy atom. The molecule has 0 saturated heterocycles. The van der Waals surface area contributed by atoms with Gasteiger partial charge in [-0.05, 0) is 33.8 Å². The molecule has 0 rings (SSSR count). The third kappa shape index (κ3) is 6.07. The van der Waals surface area contributed by atoms with Crippen molar-refractivity contribution in [3.8, 4) is 0 Å². The van der Waals surface area contributed by atoms with E-state index in [9.17, 15) is 9.77 Å². The zero-order valence-electron chi connectivity index (χ0n) is 9.73. The molecule has 0 unspecified atom stereocenters. The highest BCUT2D eigenvalue weighted by Crippen LogP contribution is 2.49. The first-order valence-electron chi connectivity index (χ1n) is 4.94. The van der Waals surface area contributed by atoms with Gasteiger partial charge in [0.05, 0.1) is 13.2 Å². The van der Waals surface area contributed by atoms with Crippen LogP contribution in [-0.2, 0) is 13.6 Å². The van der Waals surface area contributed by atoms with Crippen molar-refractivity contribution >= 4 is 7.60 Å². The van der Waals surface area contributed by atoms with Gasteiger partial charge in [-0.1, -0.05) is 0 Å². The van der Waals surface area contributed by atoms with E-state index in [1.165, 1.54) is 5.82 Å². The predicted octanol–water partition coefficient (Wildman–Crippen LogP) is 1.61. The van der Waals surface area contributed by atoms with Gasteiger partial charge in [-0.25, -0.2) is 0 Å². The van der Waals surface area contributed by atoms with E-state index in [0.29, 0.717) is 13.2 Å². The van der Waals surface area contributed by atoms with Crippen LogP contribution in [0.2, 0.25) is 0 Å². The van der Waals surface area contributed by atoms with Crippen molar-refractivity contribution in [1.82, 2.24) is 0 Å². The van der Waals surface area contributed by atoms with Gasteiger partial charge in [0.2, 0.25) is 0 Å². The fraction of sp³-hybridized carbons (Fsp3) is 0.778. The minimum atomic E-state index is -3.17. The predicted molar refractivity (Wildman–Crippen MR) is 59.4 cm³/mol. The fourth-order valence-corrected chi connectivity index (χ4v) is 2.34. The Bertz CT molecular complexity index is 242. The van der Waals surface area contributed by atoms with Gasteiger partial charge in [0.15, 0.2) is 0 Å². The highest BCUT2D eigenvalue weighted by atomic mass is 31.2. The molecule has 0 aromatic heterocycles. The van der Waals surface area contributed by atoms with Crippen molar-refractivity contribution in [3.05, 3.63) is 17.1 Å². The molecule has 0 aliphatic rings. The Balaban J connectivity index is 4.60. The quantitative estimate of drug-likeness (QED) is 0.539. The largest absolute Gasteiger partial charge is 0.635 e. The maximum absolute atomic E-state index is 11.9. The number of rotatable bonds is 7. The number of hydrogen-bond acceptors (Lipinski definition) is 4. The van der Waals surface area contributed by atoms with Crippen LogP contribution in [0.5, 0.6) is 0 Å². The van der Waals surface area contributed by atoms with Gasteiger partial charge in [0, 0.05) is 5.82 Å². The molecular weight excluding hydrogens is 217 g/mol. The van der Waals surface area contributed by atoms with Crippen LogP contribution in [0.1, 0.15) is 27.7 Å². The van der Waals surface area contributed by atoms with Gasteiger partial charge in [-0.3, -0.25) is 4.57 Å². The minimum absolute atomic E-state index is 0.309. The summed E-state index contributed by atoms with van der Waals surface area (Å²) in [5.74, 6) is 1.36. The average molecular weight is 237 g/mol. The molecule has 0 aliphatic carbocycles. The summed E-state index contributed by atoms with van der Waals surface area (Å²) in [6.07, 6.45) is 1.55. The van der Waals surface area contributed by atoms with Crippen LogP contribution >= 0.6 is 7.60 Å². The third-order valence-corrected chi connectivity index (χ3v) is 3.36. The first-order valence-corrected chi connectivity index (χ1v) is 6.56. The first kappa shape index (κ1) is 14.8. The van der Waals surface area contributed by atoms with Gasteiger partial charge in [0.25, 0.3) is 0 Å². The molecule has 0 aromatic rings. The SMILES string of the molecule is CCOP(=O)(C=CC(C)(C)[NH2+][O-])OCC. The van der Waals surface area contributed by atoms with Crippen molar-refractivity contribution in [2.24, 2.45) is 0 Å². The molecule has 0 saturated carbocycles. The lowest BCUT2D eigenvalue weighted by Crippen LogP contribution is -2.89. The van der Waals surface area contributed by atoms with Crippen molar-refractivity contribution in [2.75, 3.05) is 13.2 Å². The van der Waals surface area contributed by atoms with Crippen LogP contribution in [0, 0.1) is 5.21 Å². The maximum atomic E-state index is 11.9. The highest BCUT2D eigenvalue weighted by Gasteiger charge is 2.22. The zero-order chi connectivity index (χ0) is 11.9. The molecule has 2 N–H and O–H groups in total. The molecule has 0 radical (unpaired) electrons. The van der Waals surface area contributed by atoms with Crippen molar-refractivity contribution in [1.29, 1.82) is 0 Å². The summed E-state index contributed by atoms with van der Waals surface area (Å²) in [5.41, 5.74) is 0.135. The Morgan fingerprint density at radius 3 is 2.13 bits per heavy atom. The summed E-state index contributed by atoms with van der Waals surface area (Å²) >= 11 is 0. The molecule has 5 nitrogen and oxygen atoms in total. The summed E-state index contributed by atoms with van der Waals surface area (Å²) in [4.78, 5) is 0. The molecule has 0 bridgehead atoms. The summed E-state index contributed by atoms with van der Waals surface area (Å²) in [6.45, 7) is 7.54. The zero-order valence-corrected chi connectivity index (χ0v) is 10.6. The van der Waals surface area contributed by atoms with E-state index >= 15 is 0 Å². The average Bonchev–Trinajstić information content (AvgIpc) is 2.16. The van der Waals surface area contributed by atoms with Crippen molar-refractivity contribution in [3.63, 3.8) is 0 Å². The molecule has 6 heteroatoms. The van der Waals surface area contributed by atoms with Crippen LogP contribution in [-0.4, -0.2) is 18.8 Å². The Morgan fingerprint density at radius 1 is 1.33 bits per heavy atom. The molecule has 0 heterocycles. The number of quaternary nitrogens is 1. The van der Waals surface area contributed by atoms with Crippen molar-refractivity contribution in [2.45, 2.75) is 33.2 Å². The van der Waals surface area contributed by atoms with Crippen LogP contribution in [0.4, 0.5) is 0 Å². The van der Waals surface area contributed by atoms with Crippen LogP contribution in [0.3, 0.4) is 0 Å². The standard InChI is InChI=1S/C9H20NO4P/c1-5-13-15(12,14-6-2)8-7-9(3,4)10-11/h7-8H,5-6,10H2,1-4H3. The lowest BCUT2D eigenvalue weighted by Gasteiger charge is -2.21. The molecule has 15 heavy (non-hydrogen) atoms. The Kier molecular flexibility index (Phi) is 6.32. The maximum Gasteiger partial charge on any atom is 0.354 e. The summed E-state index contributed by atoms with van der Waals surface area (Å²) in [7, 11) is -3.17. The highest BCUT2D eigenvalue weighted by molar-refractivity contribution is 7.57. The van der Waals surface area contributed by atoms with Crippen LogP contribution in [0.15, 0.2) is 11.9 Å². The van der Waals surface area contributed by atoms with E-state index in [2.05, 4.69) is 0 Å². The molecule has 0 spiro atoms. The smallest absolute Gasteiger partial charge is 0.354 e. The van der Waals surface area contributed by atoms with Gasteiger partial charge >= 0.3 is 7.60 Å². The molecule has 0 atom stereocenters. The second kappa shape index (κ2) is 6.40. The summed E-state index contributed by atoms with van der Waals surface area (Å²) < 4.78 is 22.0. The topological polar surface area (TPSA) is 75.2 Å². The number of nitrogens with two attached hydrogens (primary N) is 1. The fourth-order valence-electron chi connectivity index (χ4n) is 0.806. The van der Waals surface area contributed by atoms with E-state index in [1.807, 2.05) is 0 Å². The molecule has 0 amide bonds. The molecular formula is C9H20NO4P. The number of hydroxylamine groups is 1. The van der Waals surface area contributed by atoms with Gasteiger partial charge < -0.3 is 19.7 Å². The second-order valence-corrected chi connectivity index (χ2v) is 5.52. The monoisotopic (exact) mass is 237 g/mol. The molecule has 0 aliphatic heterocycles. The lowest BCUT2D eigenvalue weighted by molar-refractivity contribution is -0.649. The third-order valence-electron chi connectivity index (χ3n) is 1.61. The van der Waals surface area contributed by atoms with E-state index < -0.39 is 13.1 Å². The van der Waals surface area contributed by atoms with E-state index in [-0.39, 0.29) is 0 Å². The molecule has 90 valence electrons.